The van der Waals surface area contributed by atoms with Gasteiger partial charge in [-0.05, 0) is 12.8 Å². The summed E-state index contributed by atoms with van der Waals surface area (Å²) in [6.07, 6.45) is 1.46. The Labute approximate surface area is 96.7 Å². The normalized spacial score (nSPS) is 25.6. The highest BCUT2D eigenvalue weighted by molar-refractivity contribution is 5.77. The third-order valence-corrected chi connectivity index (χ3v) is 2.90. The summed E-state index contributed by atoms with van der Waals surface area (Å²) in [6.45, 7) is 5.07. The first-order chi connectivity index (χ1) is 7.63. The second kappa shape index (κ2) is 6.06. The molecule has 16 heavy (non-hydrogen) atoms. The van der Waals surface area contributed by atoms with Crippen LogP contribution in [-0.4, -0.2) is 51.6 Å². The Kier molecular flexibility index (Phi) is 5.02. The largest absolute Gasteiger partial charge is 0.369 e. The van der Waals surface area contributed by atoms with E-state index in [1.807, 2.05) is 13.8 Å². The summed E-state index contributed by atoms with van der Waals surface area (Å²) in [4.78, 5) is 14.6. The number of hydrogen-bond acceptors (Lipinski definition) is 3. The van der Waals surface area contributed by atoms with E-state index in [0.29, 0.717) is 13.1 Å². The molecule has 1 saturated heterocycles. The third kappa shape index (κ3) is 2.65. The van der Waals surface area contributed by atoms with Crippen LogP contribution in [0.15, 0.2) is 0 Å². The van der Waals surface area contributed by atoms with E-state index in [2.05, 4.69) is 0 Å². The van der Waals surface area contributed by atoms with Gasteiger partial charge in [0.2, 0.25) is 0 Å². The van der Waals surface area contributed by atoms with Gasteiger partial charge < -0.3 is 10.2 Å². The first-order valence-electron chi connectivity index (χ1n) is 6.06. The Morgan fingerprint density at radius 2 is 1.38 bits per heavy atom. The summed E-state index contributed by atoms with van der Waals surface area (Å²) in [5.41, 5.74) is 0. The maximum atomic E-state index is 11.9. The van der Waals surface area contributed by atoms with Gasteiger partial charge in [-0.25, -0.2) is 4.79 Å². The fourth-order valence-corrected chi connectivity index (χ4v) is 1.83. The predicted octanol–water partition coefficient (Wildman–Crippen LogP) is 0.961. The van der Waals surface area contributed by atoms with Crippen molar-refractivity contribution in [1.29, 1.82) is 0 Å². The first-order valence-corrected chi connectivity index (χ1v) is 6.06. The Morgan fingerprint density at radius 1 is 1.00 bits per heavy atom. The summed E-state index contributed by atoms with van der Waals surface area (Å²) in [6, 6.07) is -0.248. The molecule has 5 nitrogen and oxygen atoms in total. The molecular formula is C11H22N2O3. The van der Waals surface area contributed by atoms with Crippen molar-refractivity contribution in [2.45, 2.75) is 52.0 Å². The minimum atomic E-state index is -1.07. The quantitative estimate of drug-likeness (QED) is 0.714. The van der Waals surface area contributed by atoms with Crippen LogP contribution in [0.4, 0.5) is 4.79 Å². The number of carbonyl (C=O) groups is 1. The van der Waals surface area contributed by atoms with Gasteiger partial charge >= 0.3 is 6.03 Å². The lowest BCUT2D eigenvalue weighted by Crippen LogP contribution is -2.37. The highest BCUT2D eigenvalue weighted by Gasteiger charge is 2.42. The van der Waals surface area contributed by atoms with Crippen LogP contribution in [-0.2, 0) is 0 Å². The van der Waals surface area contributed by atoms with E-state index in [-0.39, 0.29) is 6.03 Å². The number of aliphatic hydroxyl groups is 2. The SMILES string of the molecule is CCCCN1C(=O)N(CCCC)C(O)C1O. The molecule has 1 aliphatic heterocycles. The monoisotopic (exact) mass is 230 g/mol. The molecule has 2 unspecified atom stereocenters. The Hall–Kier alpha value is -0.810. The van der Waals surface area contributed by atoms with Crippen LogP contribution in [0.2, 0.25) is 0 Å². The fraction of sp³-hybridized carbons (Fsp3) is 0.909. The highest BCUT2D eigenvalue weighted by Crippen LogP contribution is 2.20. The smallest absolute Gasteiger partial charge is 0.324 e. The van der Waals surface area contributed by atoms with Gasteiger partial charge in [0.1, 0.15) is 0 Å². The molecule has 1 heterocycles. The maximum absolute atomic E-state index is 11.9. The topological polar surface area (TPSA) is 64.0 Å². The number of nitrogens with zero attached hydrogens (tertiary/aromatic N) is 2. The van der Waals surface area contributed by atoms with E-state index in [0.717, 1.165) is 25.7 Å². The molecule has 5 heteroatoms. The van der Waals surface area contributed by atoms with Crippen molar-refractivity contribution in [2.24, 2.45) is 0 Å². The van der Waals surface area contributed by atoms with Crippen LogP contribution in [0, 0.1) is 0 Å². The maximum Gasteiger partial charge on any atom is 0.324 e. The molecule has 0 aromatic carbocycles. The molecular weight excluding hydrogens is 208 g/mol. The van der Waals surface area contributed by atoms with Gasteiger partial charge in [-0.2, -0.15) is 0 Å². The molecule has 0 radical (unpaired) electrons. The summed E-state index contributed by atoms with van der Waals surface area (Å²) < 4.78 is 0. The summed E-state index contributed by atoms with van der Waals surface area (Å²) in [5, 5.41) is 19.5. The number of amides is 2. The van der Waals surface area contributed by atoms with Crippen LogP contribution in [0.5, 0.6) is 0 Å². The second-order valence-corrected chi connectivity index (χ2v) is 4.20. The van der Waals surface area contributed by atoms with Crippen LogP contribution in [0.25, 0.3) is 0 Å². The number of aliphatic hydroxyl groups excluding tert-OH is 2. The first kappa shape index (κ1) is 13.3. The Bertz CT molecular complexity index is 213. The van der Waals surface area contributed by atoms with Crippen molar-refractivity contribution in [3.05, 3.63) is 0 Å². The van der Waals surface area contributed by atoms with E-state index in [9.17, 15) is 15.0 Å². The number of urea groups is 1. The zero-order valence-electron chi connectivity index (χ0n) is 10.1. The van der Waals surface area contributed by atoms with E-state index in [4.69, 9.17) is 0 Å². The molecule has 1 rings (SSSR count). The standard InChI is InChI=1S/C11H22N2O3/c1-3-5-7-12-9(14)10(15)13(11(12)16)8-6-4-2/h9-10,14-15H,3-8H2,1-2H3. The van der Waals surface area contributed by atoms with Crippen molar-refractivity contribution in [3.63, 3.8) is 0 Å². The van der Waals surface area contributed by atoms with Crippen molar-refractivity contribution < 1.29 is 15.0 Å². The third-order valence-electron chi connectivity index (χ3n) is 2.90. The average Bonchev–Trinajstić information content (AvgIpc) is 2.47. The van der Waals surface area contributed by atoms with Crippen molar-refractivity contribution >= 4 is 6.03 Å². The fourth-order valence-electron chi connectivity index (χ4n) is 1.83. The Morgan fingerprint density at radius 3 is 1.69 bits per heavy atom. The van der Waals surface area contributed by atoms with Crippen LogP contribution >= 0.6 is 0 Å². The van der Waals surface area contributed by atoms with Crippen LogP contribution < -0.4 is 0 Å². The summed E-state index contributed by atoms with van der Waals surface area (Å²) in [5.74, 6) is 0. The van der Waals surface area contributed by atoms with Gasteiger partial charge in [-0.15, -0.1) is 0 Å². The van der Waals surface area contributed by atoms with E-state index >= 15 is 0 Å². The molecule has 0 aromatic heterocycles. The van der Waals surface area contributed by atoms with Gasteiger partial charge in [0.25, 0.3) is 0 Å². The van der Waals surface area contributed by atoms with Crippen LogP contribution in [0.3, 0.4) is 0 Å². The Balaban J connectivity index is 2.58. The molecule has 0 spiro atoms. The predicted molar refractivity (Wildman–Crippen MR) is 60.6 cm³/mol. The molecule has 94 valence electrons. The van der Waals surface area contributed by atoms with Gasteiger partial charge in [0.15, 0.2) is 12.5 Å². The van der Waals surface area contributed by atoms with E-state index in [1.165, 1.54) is 9.80 Å². The minimum Gasteiger partial charge on any atom is -0.369 e. The van der Waals surface area contributed by atoms with Gasteiger partial charge in [0.05, 0.1) is 0 Å². The summed E-state index contributed by atoms with van der Waals surface area (Å²) >= 11 is 0. The van der Waals surface area contributed by atoms with E-state index < -0.39 is 12.5 Å². The van der Waals surface area contributed by atoms with Crippen molar-refractivity contribution in [1.82, 2.24) is 9.80 Å². The molecule has 2 amide bonds. The van der Waals surface area contributed by atoms with Crippen molar-refractivity contribution in [3.8, 4) is 0 Å². The van der Waals surface area contributed by atoms with Gasteiger partial charge in [-0.3, -0.25) is 9.80 Å². The lowest BCUT2D eigenvalue weighted by Gasteiger charge is -2.18. The van der Waals surface area contributed by atoms with Gasteiger partial charge in [0, 0.05) is 13.1 Å². The lowest BCUT2D eigenvalue weighted by molar-refractivity contribution is -0.0663. The number of carbonyl (C=O) groups excluding carboxylic acids is 1. The molecule has 0 saturated carbocycles. The van der Waals surface area contributed by atoms with E-state index in [1.54, 1.807) is 0 Å². The zero-order chi connectivity index (χ0) is 12.1. The molecule has 0 aromatic rings. The average molecular weight is 230 g/mol. The number of rotatable bonds is 6. The molecule has 1 fully saturated rings. The van der Waals surface area contributed by atoms with Gasteiger partial charge in [-0.1, -0.05) is 26.7 Å². The molecule has 0 bridgehead atoms. The highest BCUT2D eigenvalue weighted by atomic mass is 16.4. The zero-order valence-corrected chi connectivity index (χ0v) is 10.1. The lowest BCUT2D eigenvalue weighted by atomic mass is 10.3. The van der Waals surface area contributed by atoms with Crippen LogP contribution in [0.1, 0.15) is 39.5 Å². The second-order valence-electron chi connectivity index (χ2n) is 4.20. The molecule has 2 atom stereocenters. The molecule has 2 N–H and O–H groups in total. The number of hydrogen-bond donors (Lipinski definition) is 2. The van der Waals surface area contributed by atoms with Crippen molar-refractivity contribution in [2.75, 3.05) is 13.1 Å². The number of unbranched alkanes of at least 4 members (excludes halogenated alkanes) is 2. The summed E-state index contributed by atoms with van der Waals surface area (Å²) in [7, 11) is 0. The molecule has 0 aliphatic carbocycles. The molecule has 1 aliphatic rings. The minimum absolute atomic E-state index is 0.248.